The van der Waals surface area contributed by atoms with Gasteiger partial charge in [0, 0.05) is 19.3 Å². The summed E-state index contributed by atoms with van der Waals surface area (Å²) in [5.41, 5.74) is 0. The minimum Gasteiger partial charge on any atom is -0.462 e. The van der Waals surface area contributed by atoms with E-state index >= 15 is 0 Å². The van der Waals surface area contributed by atoms with Crippen LogP contribution in [0, 0.1) is 0 Å². The molecule has 6 heteroatoms. The maximum absolute atomic E-state index is 12.8. The van der Waals surface area contributed by atoms with E-state index in [0.29, 0.717) is 12.8 Å². The molecule has 0 aromatic heterocycles. The Morgan fingerprint density at radius 1 is 0.338 bits per heavy atom. The third-order valence-corrected chi connectivity index (χ3v) is 11.5. The molecule has 0 saturated carbocycles. The number of unbranched alkanes of at least 4 members (excludes halogenated alkanes) is 26. The van der Waals surface area contributed by atoms with Gasteiger partial charge in [-0.25, -0.2) is 0 Å². The van der Waals surface area contributed by atoms with Crippen LogP contribution >= 0.6 is 0 Å². The standard InChI is InChI=1S/C59H100O6/c1-4-7-10-13-16-19-22-25-27-28-29-30-32-34-37-40-43-46-49-52-58(61)64-55-56(54-63-57(60)51-48-45-42-39-36-33-24-21-18-15-12-9-6-3)65-59(62)53-50-47-44-41-38-35-31-26-23-20-17-14-11-8-5-2/h8,11,14,17,20,23,26,28-29,31,33,36,42,45,56H,4-7,9-10,12-13,15-16,18-19,21-22,24-25,27,30,32,34-35,37-41,43-44,46-55H2,1-3H3/b11-8+,17-14+,23-20+,29-28+,31-26+,36-33+,45-42+. The number of ether oxygens (including phenoxy) is 3. The van der Waals surface area contributed by atoms with Gasteiger partial charge in [-0.05, 0) is 83.5 Å². The van der Waals surface area contributed by atoms with Crippen molar-refractivity contribution >= 4 is 17.9 Å². The van der Waals surface area contributed by atoms with Crippen molar-refractivity contribution in [2.75, 3.05) is 13.2 Å². The summed E-state index contributed by atoms with van der Waals surface area (Å²) in [6.07, 6.45) is 68.7. The molecule has 0 fully saturated rings. The van der Waals surface area contributed by atoms with Gasteiger partial charge in [0.1, 0.15) is 13.2 Å². The van der Waals surface area contributed by atoms with Crippen LogP contribution < -0.4 is 0 Å². The van der Waals surface area contributed by atoms with E-state index in [9.17, 15) is 14.4 Å². The molecule has 0 aliphatic heterocycles. The quantitative estimate of drug-likeness (QED) is 0.0199. The summed E-state index contributed by atoms with van der Waals surface area (Å²) < 4.78 is 16.7. The van der Waals surface area contributed by atoms with E-state index in [2.05, 4.69) is 81.5 Å². The fourth-order valence-corrected chi connectivity index (χ4v) is 7.38. The van der Waals surface area contributed by atoms with Gasteiger partial charge in [0.05, 0.1) is 0 Å². The van der Waals surface area contributed by atoms with E-state index in [-0.39, 0.29) is 44.0 Å². The second kappa shape index (κ2) is 53.2. The van der Waals surface area contributed by atoms with E-state index in [0.717, 1.165) is 77.0 Å². The van der Waals surface area contributed by atoms with Crippen molar-refractivity contribution in [2.24, 2.45) is 0 Å². The highest BCUT2D eigenvalue weighted by molar-refractivity contribution is 5.71. The van der Waals surface area contributed by atoms with Gasteiger partial charge in [-0.15, -0.1) is 0 Å². The van der Waals surface area contributed by atoms with Crippen LogP contribution in [0.4, 0.5) is 0 Å². The van der Waals surface area contributed by atoms with Crippen LogP contribution in [0.25, 0.3) is 0 Å². The van der Waals surface area contributed by atoms with Crippen molar-refractivity contribution in [3.63, 3.8) is 0 Å². The highest BCUT2D eigenvalue weighted by Crippen LogP contribution is 2.14. The molecule has 0 spiro atoms. The summed E-state index contributed by atoms with van der Waals surface area (Å²) in [7, 11) is 0. The molecular formula is C59H100O6. The minimum atomic E-state index is -0.813. The predicted octanol–water partition coefficient (Wildman–Crippen LogP) is 18.0. The van der Waals surface area contributed by atoms with Crippen LogP contribution in [0.1, 0.15) is 252 Å². The molecule has 65 heavy (non-hydrogen) atoms. The molecule has 6 nitrogen and oxygen atoms in total. The SMILES string of the molecule is CC/C=C/C=C/C=C/C=C/CCCCCCCC(=O)OC(COC(=O)CC/C=C/C/C=C/CCCCCCCC)COC(=O)CCCCCCCCC/C=C/CCCCCCCCCC. The van der Waals surface area contributed by atoms with Crippen molar-refractivity contribution in [2.45, 2.75) is 258 Å². The normalized spacial score (nSPS) is 12.7. The molecule has 1 unspecified atom stereocenters. The van der Waals surface area contributed by atoms with Crippen LogP contribution in [0.2, 0.25) is 0 Å². The topological polar surface area (TPSA) is 78.9 Å². The highest BCUT2D eigenvalue weighted by atomic mass is 16.6. The highest BCUT2D eigenvalue weighted by Gasteiger charge is 2.19. The van der Waals surface area contributed by atoms with Gasteiger partial charge in [-0.3, -0.25) is 14.4 Å². The largest absolute Gasteiger partial charge is 0.462 e. The number of rotatable bonds is 48. The zero-order valence-corrected chi connectivity index (χ0v) is 42.5. The lowest BCUT2D eigenvalue weighted by Crippen LogP contribution is -2.30. The average molecular weight is 905 g/mol. The summed E-state index contributed by atoms with van der Waals surface area (Å²) in [6, 6.07) is 0. The van der Waals surface area contributed by atoms with Crippen molar-refractivity contribution in [1.29, 1.82) is 0 Å². The van der Waals surface area contributed by atoms with E-state index in [1.807, 2.05) is 24.3 Å². The Balaban J connectivity index is 4.45. The molecule has 0 heterocycles. The smallest absolute Gasteiger partial charge is 0.306 e. The molecular weight excluding hydrogens is 805 g/mol. The predicted molar refractivity (Wildman–Crippen MR) is 279 cm³/mol. The lowest BCUT2D eigenvalue weighted by Gasteiger charge is -2.18. The van der Waals surface area contributed by atoms with Crippen molar-refractivity contribution in [3.8, 4) is 0 Å². The monoisotopic (exact) mass is 905 g/mol. The first-order valence-electron chi connectivity index (χ1n) is 27.1. The summed E-state index contributed by atoms with van der Waals surface area (Å²) in [5.74, 6) is -1.00. The Morgan fingerprint density at radius 2 is 0.692 bits per heavy atom. The molecule has 0 radical (unpaired) electrons. The van der Waals surface area contributed by atoms with Crippen LogP contribution in [-0.2, 0) is 28.6 Å². The molecule has 1 atom stereocenters. The minimum absolute atomic E-state index is 0.106. The van der Waals surface area contributed by atoms with Gasteiger partial charge in [0.25, 0.3) is 0 Å². The molecule has 0 N–H and O–H groups in total. The number of esters is 3. The molecule has 0 amide bonds. The number of hydrogen-bond acceptors (Lipinski definition) is 6. The first-order valence-corrected chi connectivity index (χ1v) is 27.1. The molecule has 0 saturated heterocycles. The molecule has 0 aromatic rings. The van der Waals surface area contributed by atoms with Gasteiger partial charge >= 0.3 is 17.9 Å². The molecule has 0 aliphatic carbocycles. The van der Waals surface area contributed by atoms with Crippen molar-refractivity contribution in [3.05, 3.63) is 85.1 Å². The zero-order chi connectivity index (χ0) is 47.2. The Kier molecular flexibility index (Phi) is 50.4. The number of allylic oxidation sites excluding steroid dienone is 14. The van der Waals surface area contributed by atoms with E-state index in [1.54, 1.807) is 0 Å². The van der Waals surface area contributed by atoms with Gasteiger partial charge in [0.2, 0.25) is 0 Å². The molecule has 0 bridgehead atoms. The summed E-state index contributed by atoms with van der Waals surface area (Å²) in [4.78, 5) is 38.0. The maximum Gasteiger partial charge on any atom is 0.306 e. The average Bonchev–Trinajstić information content (AvgIpc) is 3.30. The second-order valence-corrected chi connectivity index (χ2v) is 17.8. The lowest BCUT2D eigenvalue weighted by atomic mass is 10.1. The van der Waals surface area contributed by atoms with Gasteiger partial charge in [-0.1, -0.05) is 234 Å². The number of hydrogen-bond donors (Lipinski definition) is 0. The zero-order valence-electron chi connectivity index (χ0n) is 42.5. The van der Waals surface area contributed by atoms with Crippen LogP contribution in [0.5, 0.6) is 0 Å². The number of carbonyl (C=O) groups excluding carboxylic acids is 3. The Bertz CT molecular complexity index is 1270. The summed E-state index contributed by atoms with van der Waals surface area (Å²) in [5, 5.41) is 0. The van der Waals surface area contributed by atoms with Crippen LogP contribution in [0.15, 0.2) is 85.1 Å². The van der Waals surface area contributed by atoms with Crippen LogP contribution in [-0.4, -0.2) is 37.2 Å². The second-order valence-electron chi connectivity index (χ2n) is 17.8. The molecule has 0 aromatic carbocycles. The van der Waals surface area contributed by atoms with Crippen molar-refractivity contribution in [1.82, 2.24) is 0 Å². The number of carbonyl (C=O) groups is 3. The Hall–Kier alpha value is -3.41. The van der Waals surface area contributed by atoms with E-state index < -0.39 is 6.10 Å². The Labute approximate surface area is 401 Å². The van der Waals surface area contributed by atoms with Gasteiger partial charge in [0.15, 0.2) is 6.10 Å². The van der Waals surface area contributed by atoms with Crippen molar-refractivity contribution < 1.29 is 28.6 Å². The van der Waals surface area contributed by atoms with E-state index in [4.69, 9.17) is 14.2 Å². The molecule has 0 rings (SSSR count). The lowest BCUT2D eigenvalue weighted by molar-refractivity contribution is -0.166. The van der Waals surface area contributed by atoms with E-state index in [1.165, 1.54) is 128 Å². The summed E-state index contributed by atoms with van der Waals surface area (Å²) >= 11 is 0. The molecule has 372 valence electrons. The maximum atomic E-state index is 12.8. The Morgan fingerprint density at radius 3 is 1.17 bits per heavy atom. The third-order valence-electron chi connectivity index (χ3n) is 11.5. The van der Waals surface area contributed by atoms with Gasteiger partial charge in [-0.2, -0.15) is 0 Å². The molecule has 0 aliphatic rings. The third kappa shape index (κ3) is 51.4. The fraction of sp³-hybridized carbons (Fsp3) is 0.712. The fourth-order valence-electron chi connectivity index (χ4n) is 7.38. The van der Waals surface area contributed by atoms with Crippen LogP contribution in [0.3, 0.4) is 0 Å². The first kappa shape index (κ1) is 61.6. The first-order chi connectivity index (χ1) is 32.0. The van der Waals surface area contributed by atoms with Gasteiger partial charge < -0.3 is 14.2 Å². The summed E-state index contributed by atoms with van der Waals surface area (Å²) in [6.45, 7) is 6.42.